The number of benzene rings is 1. The van der Waals surface area contributed by atoms with Crippen molar-refractivity contribution in [2.75, 3.05) is 11.9 Å². The highest BCUT2D eigenvalue weighted by Gasteiger charge is 2.21. The van der Waals surface area contributed by atoms with E-state index in [0.717, 1.165) is 18.5 Å². The van der Waals surface area contributed by atoms with Gasteiger partial charge in [0.25, 0.3) is 0 Å². The van der Waals surface area contributed by atoms with Crippen LogP contribution in [0.3, 0.4) is 0 Å². The van der Waals surface area contributed by atoms with E-state index in [9.17, 15) is 4.79 Å². The highest BCUT2D eigenvalue weighted by Crippen LogP contribution is 2.20. The lowest BCUT2D eigenvalue weighted by Crippen LogP contribution is -2.46. The Bertz CT molecular complexity index is 371. The Morgan fingerprint density at radius 3 is 2.50 bits per heavy atom. The van der Waals surface area contributed by atoms with Crippen molar-refractivity contribution in [3.63, 3.8) is 0 Å². The number of phenolic OH excluding ortho intramolecular Hbond substituents is 1. The molecule has 1 saturated carbocycles. The van der Waals surface area contributed by atoms with E-state index in [4.69, 9.17) is 5.11 Å². The van der Waals surface area contributed by atoms with Gasteiger partial charge < -0.3 is 10.4 Å². The molecule has 0 heterocycles. The van der Waals surface area contributed by atoms with E-state index >= 15 is 0 Å². The third kappa shape index (κ3) is 2.27. The highest BCUT2D eigenvalue weighted by atomic mass is 16.3. The van der Waals surface area contributed by atoms with E-state index in [2.05, 4.69) is 5.32 Å². The van der Waals surface area contributed by atoms with Gasteiger partial charge in [-0.2, -0.15) is 0 Å². The van der Waals surface area contributed by atoms with Crippen molar-refractivity contribution in [2.45, 2.75) is 25.3 Å². The molecule has 2 rings (SSSR count). The molecule has 2 amide bonds. The Labute approximate surface area is 94.9 Å². The first kappa shape index (κ1) is 10.8. The Balaban J connectivity index is 1.97. The molecule has 1 aromatic carbocycles. The number of nitrogens with zero attached hydrogens (tertiary/aromatic N) is 1. The zero-order valence-electron chi connectivity index (χ0n) is 9.31. The normalized spacial score (nSPS) is 15.3. The number of carbonyl (C=O) groups excluding carboxylic acids is 1. The molecule has 1 aliphatic carbocycles. The summed E-state index contributed by atoms with van der Waals surface area (Å²) in [6.07, 6.45) is 3.36. The summed E-state index contributed by atoms with van der Waals surface area (Å²) in [5, 5.41) is 12.1. The van der Waals surface area contributed by atoms with Gasteiger partial charge in [0.2, 0.25) is 0 Å². The van der Waals surface area contributed by atoms with Gasteiger partial charge in [-0.3, -0.25) is 4.90 Å². The third-order valence-corrected chi connectivity index (χ3v) is 2.97. The maximum absolute atomic E-state index is 11.8. The van der Waals surface area contributed by atoms with Crippen molar-refractivity contribution in [2.24, 2.45) is 0 Å². The fourth-order valence-corrected chi connectivity index (χ4v) is 1.62. The molecule has 86 valence electrons. The highest BCUT2D eigenvalue weighted by molar-refractivity contribution is 5.91. The molecule has 4 nitrogen and oxygen atoms in total. The first-order chi connectivity index (χ1) is 7.66. The van der Waals surface area contributed by atoms with Crippen LogP contribution in [0.2, 0.25) is 0 Å². The number of hydrogen-bond donors (Lipinski definition) is 2. The first-order valence-corrected chi connectivity index (χ1v) is 5.50. The minimum absolute atomic E-state index is 0.0876. The molecule has 0 bridgehead atoms. The summed E-state index contributed by atoms with van der Waals surface area (Å²) in [5.41, 5.74) is 0.773. The molecule has 0 unspecified atom stereocenters. The third-order valence-electron chi connectivity index (χ3n) is 2.97. The van der Waals surface area contributed by atoms with Crippen molar-refractivity contribution in [3.8, 4) is 5.75 Å². The average molecular weight is 220 g/mol. The zero-order valence-corrected chi connectivity index (χ0v) is 9.31. The minimum atomic E-state index is -0.0876. The summed E-state index contributed by atoms with van der Waals surface area (Å²) >= 11 is 0. The Morgan fingerprint density at radius 2 is 2.00 bits per heavy atom. The van der Waals surface area contributed by atoms with Crippen LogP contribution >= 0.6 is 0 Å². The predicted molar refractivity (Wildman–Crippen MR) is 62.7 cm³/mol. The predicted octanol–water partition coefficient (Wildman–Crippen LogP) is 2.09. The lowest BCUT2D eigenvalue weighted by molar-refractivity contribution is 0.235. The van der Waals surface area contributed by atoms with E-state index in [-0.39, 0.29) is 11.8 Å². The molecule has 0 radical (unpaired) electrons. The summed E-state index contributed by atoms with van der Waals surface area (Å²) in [6, 6.07) is 6.83. The maximum atomic E-state index is 11.8. The molecule has 4 heteroatoms. The molecule has 1 fully saturated rings. The Kier molecular flexibility index (Phi) is 2.99. The van der Waals surface area contributed by atoms with Crippen molar-refractivity contribution in [1.29, 1.82) is 0 Å². The van der Waals surface area contributed by atoms with Gasteiger partial charge in [0.1, 0.15) is 5.75 Å². The van der Waals surface area contributed by atoms with E-state index in [1.165, 1.54) is 6.42 Å². The molecule has 0 aromatic heterocycles. The molecule has 16 heavy (non-hydrogen) atoms. The van der Waals surface area contributed by atoms with Crippen LogP contribution in [0.5, 0.6) is 5.75 Å². The molecule has 1 aliphatic rings. The van der Waals surface area contributed by atoms with Crippen molar-refractivity contribution in [3.05, 3.63) is 24.3 Å². The molecular formula is C12H16N2O2. The molecule has 0 saturated heterocycles. The minimum Gasteiger partial charge on any atom is -0.508 e. The van der Waals surface area contributed by atoms with Gasteiger partial charge in [-0.15, -0.1) is 0 Å². The fourth-order valence-electron chi connectivity index (χ4n) is 1.62. The van der Waals surface area contributed by atoms with E-state index < -0.39 is 0 Å². The molecule has 0 atom stereocenters. The van der Waals surface area contributed by atoms with Crippen LogP contribution in [-0.4, -0.2) is 24.2 Å². The van der Waals surface area contributed by atoms with Crippen LogP contribution in [0.15, 0.2) is 24.3 Å². The number of anilines is 1. The summed E-state index contributed by atoms with van der Waals surface area (Å²) in [7, 11) is 1.72. The SMILES string of the molecule is CN(C(=O)NC1CCC1)c1ccc(O)cc1. The largest absolute Gasteiger partial charge is 0.508 e. The topological polar surface area (TPSA) is 52.6 Å². The first-order valence-electron chi connectivity index (χ1n) is 5.50. The van der Waals surface area contributed by atoms with Crippen LogP contribution in [0.4, 0.5) is 10.5 Å². The lowest BCUT2D eigenvalue weighted by Gasteiger charge is -2.29. The number of aromatic hydroxyl groups is 1. The lowest BCUT2D eigenvalue weighted by atomic mass is 9.93. The number of rotatable bonds is 2. The van der Waals surface area contributed by atoms with Crippen molar-refractivity contribution < 1.29 is 9.90 Å². The van der Waals surface area contributed by atoms with Gasteiger partial charge in [-0.1, -0.05) is 0 Å². The van der Waals surface area contributed by atoms with E-state index in [0.29, 0.717) is 6.04 Å². The monoisotopic (exact) mass is 220 g/mol. The molecule has 1 aromatic rings. The quantitative estimate of drug-likeness (QED) is 0.801. The number of nitrogens with one attached hydrogen (secondary N) is 1. The Hall–Kier alpha value is -1.71. The van der Waals surface area contributed by atoms with Crippen LogP contribution in [0, 0.1) is 0 Å². The van der Waals surface area contributed by atoms with E-state index in [1.54, 1.807) is 36.2 Å². The summed E-state index contributed by atoms with van der Waals surface area (Å²) in [5.74, 6) is 0.205. The summed E-state index contributed by atoms with van der Waals surface area (Å²) < 4.78 is 0. The number of urea groups is 1. The molecule has 0 aliphatic heterocycles. The van der Waals surface area contributed by atoms with Gasteiger partial charge in [-0.05, 0) is 43.5 Å². The number of phenols is 1. The second-order valence-corrected chi connectivity index (χ2v) is 4.15. The standard InChI is InChI=1S/C12H16N2O2/c1-14(10-5-7-11(15)8-6-10)12(16)13-9-3-2-4-9/h5-9,15H,2-4H2,1H3,(H,13,16). The van der Waals surface area contributed by atoms with Gasteiger partial charge in [0.05, 0.1) is 0 Å². The van der Waals surface area contributed by atoms with Crippen molar-refractivity contribution >= 4 is 11.7 Å². The fraction of sp³-hybridized carbons (Fsp3) is 0.417. The van der Waals surface area contributed by atoms with Crippen LogP contribution in [0.25, 0.3) is 0 Å². The average Bonchev–Trinajstić information content (AvgIpc) is 2.23. The molecule has 2 N–H and O–H groups in total. The van der Waals surface area contributed by atoms with Gasteiger partial charge in [0, 0.05) is 18.8 Å². The summed E-state index contributed by atoms with van der Waals surface area (Å²) in [6.45, 7) is 0. The van der Waals surface area contributed by atoms with Gasteiger partial charge in [-0.25, -0.2) is 4.79 Å². The van der Waals surface area contributed by atoms with E-state index in [1.807, 2.05) is 0 Å². The van der Waals surface area contributed by atoms with Crippen molar-refractivity contribution in [1.82, 2.24) is 5.32 Å². The van der Waals surface area contributed by atoms with Crippen LogP contribution in [-0.2, 0) is 0 Å². The smallest absolute Gasteiger partial charge is 0.321 e. The number of amides is 2. The van der Waals surface area contributed by atoms with Gasteiger partial charge in [0.15, 0.2) is 0 Å². The number of carbonyl (C=O) groups is 1. The molecular weight excluding hydrogens is 204 g/mol. The zero-order chi connectivity index (χ0) is 11.5. The second-order valence-electron chi connectivity index (χ2n) is 4.15. The maximum Gasteiger partial charge on any atom is 0.321 e. The summed E-state index contributed by atoms with van der Waals surface area (Å²) in [4.78, 5) is 13.3. The second kappa shape index (κ2) is 4.43. The van der Waals surface area contributed by atoms with Crippen LogP contribution in [0.1, 0.15) is 19.3 Å². The number of hydrogen-bond acceptors (Lipinski definition) is 2. The van der Waals surface area contributed by atoms with Gasteiger partial charge >= 0.3 is 6.03 Å². The Morgan fingerprint density at radius 1 is 1.38 bits per heavy atom. The van der Waals surface area contributed by atoms with Crippen LogP contribution < -0.4 is 10.2 Å². The molecule has 0 spiro atoms.